The average molecular weight is 385 g/mol. The van der Waals surface area contributed by atoms with Crippen molar-refractivity contribution in [3.05, 3.63) is 72.1 Å². The molecule has 2 amide bonds. The van der Waals surface area contributed by atoms with Crippen LogP contribution in [0.1, 0.15) is 17.5 Å². The molecule has 3 heterocycles. The molecule has 3 N–H and O–H groups in total. The lowest BCUT2D eigenvalue weighted by molar-refractivity contribution is -0.122. The number of imide groups is 1. The predicted molar refractivity (Wildman–Crippen MR) is 112 cm³/mol. The molecule has 0 spiro atoms. The fourth-order valence-electron chi connectivity index (χ4n) is 4.13. The Bertz CT molecular complexity index is 1310. The molecule has 0 radical (unpaired) electrons. The third-order valence-corrected chi connectivity index (χ3v) is 5.40. The second-order valence-electron chi connectivity index (χ2n) is 7.11. The number of carbonyl (C=O) groups is 2. The zero-order valence-electron chi connectivity index (χ0n) is 15.6. The van der Waals surface area contributed by atoms with Gasteiger partial charge in [0.2, 0.25) is 0 Å². The van der Waals surface area contributed by atoms with Gasteiger partial charge in [-0.05, 0) is 23.9 Å². The summed E-state index contributed by atoms with van der Waals surface area (Å²) in [5, 5.41) is 13.6. The maximum atomic E-state index is 12.9. The highest BCUT2D eigenvalue weighted by Gasteiger charge is 2.34. The van der Waals surface area contributed by atoms with E-state index in [2.05, 4.69) is 10.3 Å². The lowest BCUT2D eigenvalue weighted by Gasteiger charge is -2.06. The van der Waals surface area contributed by atoms with Gasteiger partial charge in [-0.15, -0.1) is 0 Å². The van der Waals surface area contributed by atoms with Crippen molar-refractivity contribution < 1.29 is 14.7 Å². The van der Waals surface area contributed by atoms with Gasteiger partial charge in [-0.25, -0.2) is 0 Å². The van der Waals surface area contributed by atoms with Crippen LogP contribution in [-0.4, -0.2) is 33.1 Å². The minimum absolute atomic E-state index is 0.0869. The molecular weight excluding hydrogens is 366 g/mol. The monoisotopic (exact) mass is 385 g/mol. The molecule has 144 valence electrons. The van der Waals surface area contributed by atoms with Gasteiger partial charge in [-0.3, -0.25) is 14.9 Å². The van der Waals surface area contributed by atoms with Crippen LogP contribution in [-0.2, 0) is 16.1 Å². The van der Waals surface area contributed by atoms with Crippen LogP contribution in [0.4, 0.5) is 0 Å². The number of aromatic nitrogens is 2. The van der Waals surface area contributed by atoms with Gasteiger partial charge in [0.05, 0.1) is 16.7 Å². The third-order valence-electron chi connectivity index (χ3n) is 5.40. The first-order valence-corrected chi connectivity index (χ1v) is 9.54. The quantitative estimate of drug-likeness (QED) is 0.462. The molecule has 4 aromatic rings. The highest BCUT2D eigenvalue weighted by Crippen LogP contribution is 2.37. The Labute approximate surface area is 166 Å². The summed E-state index contributed by atoms with van der Waals surface area (Å²) in [6.07, 6.45) is 4.34. The number of amides is 2. The molecule has 0 atom stereocenters. The van der Waals surface area contributed by atoms with Crippen molar-refractivity contribution in [3.8, 4) is 0 Å². The number of aliphatic hydroxyl groups excluding tert-OH is 1. The van der Waals surface area contributed by atoms with Gasteiger partial charge >= 0.3 is 0 Å². The van der Waals surface area contributed by atoms with Gasteiger partial charge in [-0.1, -0.05) is 36.4 Å². The smallest absolute Gasteiger partial charge is 0.259 e. The van der Waals surface area contributed by atoms with Gasteiger partial charge in [0.1, 0.15) is 0 Å². The van der Waals surface area contributed by atoms with Crippen LogP contribution in [0, 0.1) is 0 Å². The number of carbonyl (C=O) groups excluding carboxylic acids is 2. The van der Waals surface area contributed by atoms with Crippen LogP contribution in [0.5, 0.6) is 0 Å². The van der Waals surface area contributed by atoms with Crippen molar-refractivity contribution >= 4 is 44.8 Å². The summed E-state index contributed by atoms with van der Waals surface area (Å²) in [6.45, 7) is 0.713. The molecule has 0 aliphatic carbocycles. The number of aliphatic hydroxyl groups is 1. The number of benzene rings is 2. The number of aryl methyl sites for hydroxylation is 1. The number of hydrogen-bond donors (Lipinski definition) is 3. The van der Waals surface area contributed by atoms with Gasteiger partial charge < -0.3 is 14.7 Å². The third kappa shape index (κ3) is 2.68. The molecule has 0 saturated heterocycles. The molecule has 1 aliphatic heterocycles. The second kappa shape index (κ2) is 6.76. The molecule has 0 fully saturated rings. The number of nitrogens with one attached hydrogen (secondary N) is 2. The maximum absolute atomic E-state index is 12.9. The predicted octanol–water partition coefficient (Wildman–Crippen LogP) is 3.07. The Balaban J connectivity index is 1.80. The summed E-state index contributed by atoms with van der Waals surface area (Å²) in [7, 11) is 0. The zero-order valence-corrected chi connectivity index (χ0v) is 15.6. The van der Waals surface area contributed by atoms with E-state index in [4.69, 9.17) is 0 Å². The first kappa shape index (κ1) is 17.5. The van der Waals surface area contributed by atoms with E-state index in [1.165, 1.54) is 0 Å². The molecule has 1 aliphatic rings. The Morgan fingerprint density at radius 3 is 2.52 bits per heavy atom. The molecule has 0 saturated carbocycles. The number of fused-ring (bicyclic) bond motifs is 2. The molecule has 2 aromatic heterocycles. The van der Waals surface area contributed by atoms with Crippen LogP contribution >= 0.6 is 0 Å². The molecule has 29 heavy (non-hydrogen) atoms. The number of nitrogens with zero attached hydrogens (tertiary/aromatic N) is 1. The summed E-state index contributed by atoms with van der Waals surface area (Å²) < 4.78 is 2.02. The number of para-hydroxylation sites is 2. The maximum Gasteiger partial charge on any atom is 0.259 e. The van der Waals surface area contributed by atoms with Crippen molar-refractivity contribution in [3.63, 3.8) is 0 Å². The van der Waals surface area contributed by atoms with Gasteiger partial charge in [0, 0.05) is 47.6 Å². The number of aromatic amines is 1. The summed E-state index contributed by atoms with van der Waals surface area (Å²) in [6, 6.07) is 15.4. The van der Waals surface area contributed by atoms with Crippen LogP contribution in [0.15, 0.2) is 60.9 Å². The molecule has 6 nitrogen and oxygen atoms in total. The second-order valence-corrected chi connectivity index (χ2v) is 7.11. The molecule has 5 rings (SSSR count). The van der Waals surface area contributed by atoms with Crippen LogP contribution in [0.25, 0.3) is 33.0 Å². The highest BCUT2D eigenvalue weighted by atomic mass is 16.3. The number of rotatable bonds is 5. The Kier molecular flexibility index (Phi) is 4.07. The molecule has 0 bridgehead atoms. The van der Waals surface area contributed by atoms with Crippen molar-refractivity contribution in [2.75, 3.05) is 6.61 Å². The lowest BCUT2D eigenvalue weighted by Crippen LogP contribution is -2.22. The standard InChI is InChI=1S/C23H19N3O3/c27-12-4-11-26-13-17(15-6-1-2-8-18(15)26)20-19(22(28)25-23(20)29)16-7-3-5-14-9-10-24-21(14)16/h1-3,5-10,13,24,27H,4,11-12H2,(H,25,28,29). The summed E-state index contributed by atoms with van der Waals surface area (Å²) in [5.74, 6) is -0.780. The lowest BCUT2D eigenvalue weighted by atomic mass is 9.95. The number of H-pyrrole nitrogens is 1. The minimum atomic E-state index is -0.390. The van der Waals surface area contributed by atoms with E-state index in [-0.39, 0.29) is 12.5 Å². The van der Waals surface area contributed by atoms with Crippen LogP contribution < -0.4 is 5.32 Å². The average Bonchev–Trinajstić information content (AvgIpc) is 3.41. The summed E-state index contributed by atoms with van der Waals surface area (Å²) >= 11 is 0. The van der Waals surface area contributed by atoms with E-state index in [0.717, 1.165) is 27.4 Å². The van der Waals surface area contributed by atoms with Crippen molar-refractivity contribution in [1.29, 1.82) is 0 Å². The summed E-state index contributed by atoms with van der Waals surface area (Å²) in [4.78, 5) is 28.9. The molecular formula is C23H19N3O3. The summed E-state index contributed by atoms with van der Waals surface area (Å²) in [5.41, 5.74) is 3.99. The van der Waals surface area contributed by atoms with Crippen molar-refractivity contribution in [2.24, 2.45) is 0 Å². The minimum Gasteiger partial charge on any atom is -0.396 e. The van der Waals surface area contributed by atoms with Gasteiger partial charge in [0.15, 0.2) is 0 Å². The fraction of sp³-hybridized carbons (Fsp3) is 0.130. The Morgan fingerprint density at radius 1 is 0.897 bits per heavy atom. The molecule has 6 heteroatoms. The largest absolute Gasteiger partial charge is 0.396 e. The first-order chi connectivity index (χ1) is 14.2. The van der Waals surface area contributed by atoms with Crippen molar-refractivity contribution in [2.45, 2.75) is 13.0 Å². The zero-order chi connectivity index (χ0) is 20.0. The van der Waals surface area contributed by atoms with E-state index in [1.54, 1.807) is 0 Å². The highest BCUT2D eigenvalue weighted by molar-refractivity contribution is 6.50. The first-order valence-electron chi connectivity index (χ1n) is 9.54. The van der Waals surface area contributed by atoms with E-state index in [9.17, 15) is 14.7 Å². The topological polar surface area (TPSA) is 87.1 Å². The SMILES string of the molecule is O=C1NC(=O)C(c2cccc3cc[nH]c23)=C1c1cn(CCCO)c2ccccc12. The van der Waals surface area contributed by atoms with Gasteiger partial charge in [0.25, 0.3) is 11.8 Å². The van der Waals surface area contributed by atoms with E-state index < -0.39 is 5.91 Å². The molecule has 2 aromatic carbocycles. The van der Waals surface area contributed by atoms with E-state index >= 15 is 0 Å². The fourth-order valence-corrected chi connectivity index (χ4v) is 4.13. The number of hydrogen-bond acceptors (Lipinski definition) is 3. The normalized spacial score (nSPS) is 14.4. The Morgan fingerprint density at radius 2 is 1.69 bits per heavy atom. The Hall–Kier alpha value is -3.64. The van der Waals surface area contributed by atoms with E-state index in [1.807, 2.05) is 65.5 Å². The van der Waals surface area contributed by atoms with Crippen molar-refractivity contribution in [1.82, 2.24) is 14.9 Å². The molecule has 0 unspecified atom stereocenters. The van der Waals surface area contributed by atoms with E-state index in [0.29, 0.717) is 29.7 Å². The van der Waals surface area contributed by atoms with Crippen LogP contribution in [0.3, 0.4) is 0 Å². The van der Waals surface area contributed by atoms with Gasteiger partial charge in [-0.2, -0.15) is 0 Å². The van der Waals surface area contributed by atoms with Crippen LogP contribution in [0.2, 0.25) is 0 Å².